The molecule has 0 radical (unpaired) electrons. The van der Waals surface area contributed by atoms with Crippen molar-refractivity contribution in [3.05, 3.63) is 59.2 Å². The fraction of sp³-hybridized carbons (Fsp3) is 0.435. The van der Waals surface area contributed by atoms with Crippen LogP contribution in [0.1, 0.15) is 23.1 Å². The maximum Gasteiger partial charge on any atom is 0.191 e. The molecule has 1 heterocycles. The van der Waals surface area contributed by atoms with Gasteiger partial charge in [0.25, 0.3) is 0 Å². The third-order valence-electron chi connectivity index (χ3n) is 4.85. The molecule has 6 heteroatoms. The van der Waals surface area contributed by atoms with Crippen LogP contribution in [0.5, 0.6) is 11.5 Å². The zero-order valence-electron chi connectivity index (χ0n) is 17.5. The number of benzene rings is 2. The molecule has 0 saturated carbocycles. The van der Waals surface area contributed by atoms with Crippen molar-refractivity contribution in [3.8, 4) is 11.5 Å². The molecule has 2 aromatic rings. The Bertz CT molecular complexity index is 798. The number of aliphatic imine (C=N–C) groups is 1. The topological polar surface area (TPSA) is 64.1 Å². The number of hydrogen-bond donors (Lipinski definition) is 2. The van der Waals surface area contributed by atoms with Crippen molar-refractivity contribution in [1.82, 2.24) is 10.6 Å². The number of guanidine groups is 1. The second kappa shape index (κ2) is 10.7. The molecular weight excluding hydrogens is 366 g/mol. The molecule has 0 aromatic heterocycles. The molecule has 6 nitrogen and oxygen atoms in total. The zero-order chi connectivity index (χ0) is 20.5. The molecule has 0 bridgehead atoms. The van der Waals surface area contributed by atoms with E-state index in [0.717, 1.165) is 35.9 Å². The van der Waals surface area contributed by atoms with Crippen molar-refractivity contribution in [1.29, 1.82) is 0 Å². The summed E-state index contributed by atoms with van der Waals surface area (Å²) < 4.78 is 17.0. The summed E-state index contributed by atoms with van der Waals surface area (Å²) in [5.74, 6) is 2.63. The summed E-state index contributed by atoms with van der Waals surface area (Å²) in [6.45, 7) is 4.73. The van der Waals surface area contributed by atoms with Gasteiger partial charge in [-0.1, -0.05) is 30.3 Å². The van der Waals surface area contributed by atoms with Gasteiger partial charge >= 0.3 is 0 Å². The van der Waals surface area contributed by atoms with Crippen LogP contribution in [0.3, 0.4) is 0 Å². The second-order valence-corrected chi connectivity index (χ2v) is 7.16. The Morgan fingerprint density at radius 2 is 2.03 bits per heavy atom. The quantitative estimate of drug-likeness (QED) is 0.387. The van der Waals surface area contributed by atoms with E-state index in [1.807, 2.05) is 12.1 Å². The first-order valence-corrected chi connectivity index (χ1v) is 10.1. The van der Waals surface area contributed by atoms with Gasteiger partial charge in [-0.25, -0.2) is 0 Å². The van der Waals surface area contributed by atoms with Crippen LogP contribution < -0.4 is 20.1 Å². The average molecular weight is 398 g/mol. The molecule has 1 atom stereocenters. The van der Waals surface area contributed by atoms with Gasteiger partial charge in [-0.2, -0.15) is 0 Å². The van der Waals surface area contributed by atoms with Gasteiger partial charge in [-0.15, -0.1) is 0 Å². The number of para-hydroxylation sites is 1. The highest BCUT2D eigenvalue weighted by molar-refractivity contribution is 5.79. The van der Waals surface area contributed by atoms with E-state index in [1.54, 1.807) is 14.2 Å². The third kappa shape index (κ3) is 6.12. The fourth-order valence-corrected chi connectivity index (χ4v) is 3.31. The summed E-state index contributed by atoms with van der Waals surface area (Å²) in [6.07, 6.45) is 1.90. The number of methoxy groups -OCH3 is 1. The van der Waals surface area contributed by atoms with Crippen LogP contribution in [0.2, 0.25) is 0 Å². The number of hydrogen-bond acceptors (Lipinski definition) is 4. The van der Waals surface area contributed by atoms with Gasteiger partial charge in [0.15, 0.2) is 5.96 Å². The van der Waals surface area contributed by atoms with Crippen LogP contribution in [0.15, 0.2) is 47.5 Å². The van der Waals surface area contributed by atoms with Crippen molar-refractivity contribution in [2.75, 3.05) is 33.9 Å². The molecule has 0 aliphatic carbocycles. The van der Waals surface area contributed by atoms with Gasteiger partial charge in [0.2, 0.25) is 0 Å². The molecule has 0 fully saturated rings. The summed E-state index contributed by atoms with van der Waals surface area (Å²) in [5.41, 5.74) is 3.54. The predicted octanol–water partition coefficient (Wildman–Crippen LogP) is 3.08. The summed E-state index contributed by atoms with van der Waals surface area (Å²) >= 11 is 0. The van der Waals surface area contributed by atoms with E-state index < -0.39 is 0 Å². The van der Waals surface area contributed by atoms with E-state index in [9.17, 15) is 0 Å². The van der Waals surface area contributed by atoms with Gasteiger partial charge in [0.1, 0.15) is 17.6 Å². The third-order valence-corrected chi connectivity index (χ3v) is 4.85. The van der Waals surface area contributed by atoms with Gasteiger partial charge < -0.3 is 24.8 Å². The van der Waals surface area contributed by atoms with E-state index in [4.69, 9.17) is 14.2 Å². The summed E-state index contributed by atoms with van der Waals surface area (Å²) in [4.78, 5) is 4.33. The predicted molar refractivity (Wildman–Crippen MR) is 116 cm³/mol. The van der Waals surface area contributed by atoms with Gasteiger partial charge in [-0.3, -0.25) is 4.99 Å². The Morgan fingerprint density at radius 3 is 2.83 bits per heavy atom. The van der Waals surface area contributed by atoms with Gasteiger partial charge in [0.05, 0.1) is 13.2 Å². The molecule has 1 aliphatic rings. The molecule has 0 spiro atoms. The summed E-state index contributed by atoms with van der Waals surface area (Å²) in [6, 6.07) is 14.5. The lowest BCUT2D eigenvalue weighted by Crippen LogP contribution is -2.42. The Hall–Kier alpha value is -2.73. The van der Waals surface area contributed by atoms with Crippen molar-refractivity contribution in [2.24, 2.45) is 4.99 Å². The number of rotatable bonds is 9. The smallest absolute Gasteiger partial charge is 0.191 e. The lowest BCUT2D eigenvalue weighted by atomic mass is 10.1. The molecule has 1 unspecified atom stereocenters. The Morgan fingerprint density at radius 1 is 1.17 bits per heavy atom. The molecule has 0 amide bonds. The van der Waals surface area contributed by atoms with Gasteiger partial charge in [0, 0.05) is 45.7 Å². The first-order valence-electron chi connectivity index (χ1n) is 10.1. The molecule has 29 heavy (non-hydrogen) atoms. The molecule has 2 N–H and O–H groups in total. The van der Waals surface area contributed by atoms with E-state index in [2.05, 4.69) is 52.9 Å². The minimum Gasteiger partial charge on any atom is -0.493 e. The fourth-order valence-electron chi connectivity index (χ4n) is 3.31. The Kier molecular flexibility index (Phi) is 7.76. The van der Waals surface area contributed by atoms with E-state index in [-0.39, 0.29) is 6.10 Å². The first kappa shape index (κ1) is 21.0. The zero-order valence-corrected chi connectivity index (χ0v) is 17.5. The summed E-state index contributed by atoms with van der Waals surface area (Å²) in [7, 11) is 3.48. The average Bonchev–Trinajstić information content (AvgIpc) is 3.15. The highest BCUT2D eigenvalue weighted by atomic mass is 16.5. The number of aryl methyl sites for hydroxylation is 1. The molecule has 2 aromatic carbocycles. The number of fused-ring (bicyclic) bond motifs is 1. The van der Waals surface area contributed by atoms with E-state index >= 15 is 0 Å². The maximum atomic E-state index is 5.99. The van der Waals surface area contributed by atoms with Crippen LogP contribution in [-0.4, -0.2) is 46.0 Å². The molecule has 3 rings (SSSR count). The Labute approximate surface area is 173 Å². The van der Waals surface area contributed by atoms with Crippen LogP contribution >= 0.6 is 0 Å². The standard InChI is InChI=1S/C23H31N3O3/c1-17-9-10-19(22(13-17)28-12-6-11-27-3)15-25-23(24-2)26-16-20-14-18-7-4-5-8-21(18)29-20/h4-5,7-10,13,20H,6,11-12,14-16H2,1-3H3,(H2,24,25,26). The molecule has 1 aliphatic heterocycles. The number of nitrogens with one attached hydrogen (secondary N) is 2. The maximum absolute atomic E-state index is 5.99. The normalized spacial score (nSPS) is 15.6. The lowest BCUT2D eigenvalue weighted by Gasteiger charge is -2.17. The van der Waals surface area contributed by atoms with Crippen LogP contribution in [-0.2, 0) is 17.7 Å². The first-order chi connectivity index (χ1) is 14.2. The van der Waals surface area contributed by atoms with Crippen molar-refractivity contribution >= 4 is 5.96 Å². The van der Waals surface area contributed by atoms with Crippen LogP contribution in [0.25, 0.3) is 0 Å². The molecule has 0 saturated heterocycles. The van der Waals surface area contributed by atoms with Crippen molar-refractivity contribution in [3.63, 3.8) is 0 Å². The lowest BCUT2D eigenvalue weighted by molar-refractivity contribution is 0.171. The van der Waals surface area contributed by atoms with E-state index in [0.29, 0.717) is 26.3 Å². The molecule has 156 valence electrons. The minimum absolute atomic E-state index is 0.116. The highest BCUT2D eigenvalue weighted by Crippen LogP contribution is 2.27. The highest BCUT2D eigenvalue weighted by Gasteiger charge is 2.22. The van der Waals surface area contributed by atoms with Crippen LogP contribution in [0.4, 0.5) is 0 Å². The van der Waals surface area contributed by atoms with Gasteiger partial charge in [-0.05, 0) is 30.2 Å². The van der Waals surface area contributed by atoms with E-state index in [1.165, 1.54) is 11.1 Å². The second-order valence-electron chi connectivity index (χ2n) is 7.16. The largest absolute Gasteiger partial charge is 0.493 e. The summed E-state index contributed by atoms with van der Waals surface area (Å²) in [5, 5.41) is 6.73. The number of ether oxygens (including phenoxy) is 3. The Balaban J connectivity index is 1.49. The van der Waals surface area contributed by atoms with Crippen LogP contribution in [0, 0.1) is 6.92 Å². The minimum atomic E-state index is 0.116. The molecular formula is C23H31N3O3. The SMILES string of the molecule is CN=C(NCc1ccc(C)cc1OCCCOC)NCC1Cc2ccccc2O1. The monoisotopic (exact) mass is 397 g/mol. The van der Waals surface area contributed by atoms with Crippen molar-refractivity contribution in [2.45, 2.75) is 32.4 Å². The number of nitrogens with zero attached hydrogens (tertiary/aromatic N) is 1. The van der Waals surface area contributed by atoms with Crippen molar-refractivity contribution < 1.29 is 14.2 Å².